The Labute approximate surface area is 106 Å². The van der Waals surface area contributed by atoms with Gasteiger partial charge in [-0.1, -0.05) is 24.6 Å². The third-order valence-electron chi connectivity index (χ3n) is 3.66. The van der Waals surface area contributed by atoms with Crippen LogP contribution >= 0.6 is 11.8 Å². The predicted molar refractivity (Wildman–Crippen MR) is 67.1 cm³/mol. The van der Waals surface area contributed by atoms with E-state index in [0.717, 1.165) is 18.2 Å². The lowest BCUT2D eigenvalue weighted by molar-refractivity contribution is 0.422. The fourth-order valence-corrected chi connectivity index (χ4v) is 3.87. The van der Waals surface area contributed by atoms with Crippen LogP contribution in [0.5, 0.6) is 0 Å². The molecule has 0 bridgehead atoms. The maximum Gasteiger partial charge on any atom is 0.209 e. The van der Waals surface area contributed by atoms with Crippen molar-refractivity contribution in [3.05, 3.63) is 0 Å². The molecular formula is C11H19N5S. The van der Waals surface area contributed by atoms with Crippen molar-refractivity contribution in [2.45, 2.75) is 55.0 Å². The molecule has 1 aliphatic heterocycles. The largest absolute Gasteiger partial charge is 0.316 e. The van der Waals surface area contributed by atoms with Crippen LogP contribution in [0.4, 0.5) is 0 Å². The topological polar surface area (TPSA) is 55.6 Å². The summed E-state index contributed by atoms with van der Waals surface area (Å²) < 4.78 is 2.06. The lowest BCUT2D eigenvalue weighted by atomic mass is 10.2. The highest BCUT2D eigenvalue weighted by Crippen LogP contribution is 2.33. The van der Waals surface area contributed by atoms with E-state index in [2.05, 4.69) is 25.5 Å². The summed E-state index contributed by atoms with van der Waals surface area (Å²) >= 11 is 1.85. The average molecular weight is 253 g/mol. The number of nitrogens with zero attached hydrogens (tertiary/aromatic N) is 4. The second-order valence-corrected chi connectivity index (χ2v) is 6.20. The monoisotopic (exact) mass is 253 g/mol. The number of hydrogen-bond acceptors (Lipinski definition) is 5. The number of nitrogens with one attached hydrogen (secondary N) is 1. The van der Waals surface area contributed by atoms with Crippen LogP contribution in [0, 0.1) is 0 Å². The normalized spacial score (nSPS) is 26.5. The zero-order valence-corrected chi connectivity index (χ0v) is 10.8. The van der Waals surface area contributed by atoms with Crippen molar-refractivity contribution in [2.24, 2.45) is 0 Å². The fraction of sp³-hybridized carbons (Fsp3) is 0.909. The first-order valence-electron chi connectivity index (χ1n) is 6.59. The highest BCUT2D eigenvalue weighted by molar-refractivity contribution is 7.99. The van der Waals surface area contributed by atoms with E-state index in [1.54, 1.807) is 0 Å². The zero-order chi connectivity index (χ0) is 11.5. The van der Waals surface area contributed by atoms with E-state index in [1.807, 2.05) is 11.8 Å². The summed E-state index contributed by atoms with van der Waals surface area (Å²) in [4.78, 5) is 0. The SMILES string of the molecule is C1CNCC(Sc2nnnn2C2CCCC2)C1. The Hall–Kier alpha value is -0.620. The molecule has 1 aromatic heterocycles. The van der Waals surface area contributed by atoms with Crippen LogP contribution in [0.2, 0.25) is 0 Å². The molecule has 1 saturated heterocycles. The van der Waals surface area contributed by atoms with E-state index in [4.69, 9.17) is 0 Å². The summed E-state index contributed by atoms with van der Waals surface area (Å²) in [6, 6.07) is 0.545. The number of aromatic nitrogens is 4. The Balaban J connectivity index is 1.67. The van der Waals surface area contributed by atoms with Gasteiger partial charge in [-0.05, 0) is 42.7 Å². The average Bonchev–Trinajstić information content (AvgIpc) is 3.00. The van der Waals surface area contributed by atoms with Crippen LogP contribution in [-0.2, 0) is 0 Å². The minimum absolute atomic E-state index is 0.545. The number of tetrazole rings is 1. The quantitative estimate of drug-likeness (QED) is 0.887. The molecule has 2 heterocycles. The van der Waals surface area contributed by atoms with Crippen molar-refractivity contribution in [3.63, 3.8) is 0 Å². The van der Waals surface area contributed by atoms with Crippen LogP contribution in [0.25, 0.3) is 0 Å². The maximum atomic E-state index is 4.19. The van der Waals surface area contributed by atoms with Gasteiger partial charge in [0.15, 0.2) is 0 Å². The van der Waals surface area contributed by atoms with E-state index in [1.165, 1.54) is 38.5 Å². The molecule has 0 aromatic carbocycles. The molecule has 5 nitrogen and oxygen atoms in total. The molecule has 1 N–H and O–H groups in total. The molecule has 6 heteroatoms. The Morgan fingerprint density at radius 2 is 2.06 bits per heavy atom. The third-order valence-corrected chi connectivity index (χ3v) is 4.87. The van der Waals surface area contributed by atoms with Gasteiger partial charge in [-0.15, -0.1) is 5.10 Å². The van der Waals surface area contributed by atoms with E-state index in [9.17, 15) is 0 Å². The van der Waals surface area contributed by atoms with Gasteiger partial charge in [0.25, 0.3) is 0 Å². The summed E-state index contributed by atoms with van der Waals surface area (Å²) in [7, 11) is 0. The van der Waals surface area contributed by atoms with Gasteiger partial charge in [0, 0.05) is 11.8 Å². The van der Waals surface area contributed by atoms with Crippen LogP contribution in [0.3, 0.4) is 0 Å². The van der Waals surface area contributed by atoms with Gasteiger partial charge in [0.2, 0.25) is 5.16 Å². The zero-order valence-electron chi connectivity index (χ0n) is 10.0. The highest BCUT2D eigenvalue weighted by atomic mass is 32.2. The predicted octanol–water partition coefficient (Wildman–Crippen LogP) is 1.63. The molecule has 1 atom stereocenters. The fourth-order valence-electron chi connectivity index (χ4n) is 2.71. The Morgan fingerprint density at radius 3 is 2.82 bits per heavy atom. The molecule has 1 aromatic rings. The molecule has 0 radical (unpaired) electrons. The standard InChI is InChI=1S/C11H19N5S/c1-2-5-9(4-1)16-11(13-14-15-16)17-10-6-3-7-12-8-10/h9-10,12H,1-8H2. The molecule has 0 spiro atoms. The Kier molecular flexibility index (Phi) is 3.61. The Morgan fingerprint density at radius 1 is 1.18 bits per heavy atom. The second kappa shape index (κ2) is 5.35. The summed E-state index contributed by atoms with van der Waals surface area (Å²) in [6.45, 7) is 2.24. The molecule has 0 amide bonds. The lowest BCUT2D eigenvalue weighted by Gasteiger charge is -2.22. The van der Waals surface area contributed by atoms with Crippen molar-refractivity contribution in [1.29, 1.82) is 0 Å². The molecule has 2 fully saturated rings. The summed E-state index contributed by atoms with van der Waals surface area (Å²) in [5, 5.41) is 17.3. The van der Waals surface area contributed by atoms with Gasteiger partial charge in [-0.25, -0.2) is 4.68 Å². The first-order chi connectivity index (χ1) is 8.43. The maximum absolute atomic E-state index is 4.19. The van der Waals surface area contributed by atoms with Crippen LogP contribution in [-0.4, -0.2) is 38.5 Å². The Bertz CT molecular complexity index is 354. The van der Waals surface area contributed by atoms with Crippen LogP contribution in [0.15, 0.2) is 5.16 Å². The summed E-state index contributed by atoms with van der Waals surface area (Å²) in [5.74, 6) is 0. The molecule has 94 valence electrons. The van der Waals surface area contributed by atoms with Crippen LogP contribution < -0.4 is 5.32 Å². The molecule has 1 unspecified atom stereocenters. The molecular weight excluding hydrogens is 234 g/mol. The summed E-state index contributed by atoms with van der Waals surface area (Å²) in [6.07, 6.45) is 7.65. The molecule has 17 heavy (non-hydrogen) atoms. The second-order valence-electron chi connectivity index (χ2n) is 4.93. The van der Waals surface area contributed by atoms with E-state index >= 15 is 0 Å². The first-order valence-corrected chi connectivity index (χ1v) is 7.46. The number of thioether (sulfide) groups is 1. The molecule has 1 aliphatic carbocycles. The van der Waals surface area contributed by atoms with Gasteiger partial charge in [-0.2, -0.15) is 0 Å². The van der Waals surface area contributed by atoms with Gasteiger partial charge >= 0.3 is 0 Å². The van der Waals surface area contributed by atoms with Crippen molar-refractivity contribution >= 4 is 11.8 Å². The van der Waals surface area contributed by atoms with Crippen molar-refractivity contribution in [3.8, 4) is 0 Å². The molecule has 2 aliphatic rings. The molecule has 1 saturated carbocycles. The van der Waals surface area contributed by atoms with Crippen LogP contribution in [0.1, 0.15) is 44.6 Å². The van der Waals surface area contributed by atoms with E-state index in [0.29, 0.717) is 11.3 Å². The molecule has 3 rings (SSSR count). The highest BCUT2D eigenvalue weighted by Gasteiger charge is 2.24. The van der Waals surface area contributed by atoms with Crippen molar-refractivity contribution < 1.29 is 0 Å². The summed E-state index contributed by atoms with van der Waals surface area (Å²) in [5.41, 5.74) is 0. The minimum Gasteiger partial charge on any atom is -0.316 e. The van der Waals surface area contributed by atoms with Crippen molar-refractivity contribution in [2.75, 3.05) is 13.1 Å². The van der Waals surface area contributed by atoms with Gasteiger partial charge in [-0.3, -0.25) is 0 Å². The van der Waals surface area contributed by atoms with Crippen molar-refractivity contribution in [1.82, 2.24) is 25.5 Å². The smallest absolute Gasteiger partial charge is 0.209 e. The van der Waals surface area contributed by atoms with Gasteiger partial charge < -0.3 is 5.32 Å². The number of piperidine rings is 1. The number of rotatable bonds is 3. The van der Waals surface area contributed by atoms with E-state index < -0.39 is 0 Å². The number of hydrogen-bond donors (Lipinski definition) is 1. The van der Waals surface area contributed by atoms with Gasteiger partial charge in [0.1, 0.15) is 0 Å². The first kappa shape index (κ1) is 11.5. The van der Waals surface area contributed by atoms with E-state index in [-0.39, 0.29) is 0 Å². The minimum atomic E-state index is 0.545. The van der Waals surface area contributed by atoms with Gasteiger partial charge in [0.05, 0.1) is 6.04 Å². The third kappa shape index (κ3) is 2.63. The lowest BCUT2D eigenvalue weighted by Crippen LogP contribution is -2.31.